The van der Waals surface area contributed by atoms with E-state index < -0.39 is 29.1 Å². The SMILES string of the molecule is CCOC(=O)/C(=C/O)C(=N)C(F)(F)C1CC1. The highest BCUT2D eigenvalue weighted by Crippen LogP contribution is 2.45. The molecule has 0 amide bonds. The van der Waals surface area contributed by atoms with Gasteiger partial charge in [-0.2, -0.15) is 8.78 Å². The molecule has 0 radical (unpaired) electrons. The number of carbonyl (C=O) groups excluding carboxylic acids is 1. The summed E-state index contributed by atoms with van der Waals surface area (Å²) in [5, 5.41) is 16.0. The average Bonchev–Trinajstić information content (AvgIpc) is 3.02. The van der Waals surface area contributed by atoms with E-state index in [4.69, 9.17) is 10.5 Å². The Morgan fingerprint density at radius 2 is 2.19 bits per heavy atom. The normalized spacial score (nSPS) is 17.1. The fourth-order valence-electron chi connectivity index (χ4n) is 1.26. The Morgan fingerprint density at radius 3 is 2.56 bits per heavy atom. The first-order chi connectivity index (χ1) is 7.45. The molecule has 90 valence electrons. The number of esters is 1. The highest BCUT2D eigenvalue weighted by molar-refractivity contribution is 6.21. The van der Waals surface area contributed by atoms with Crippen LogP contribution in [0.4, 0.5) is 8.78 Å². The van der Waals surface area contributed by atoms with Crippen LogP contribution in [-0.4, -0.2) is 29.3 Å². The zero-order valence-corrected chi connectivity index (χ0v) is 8.80. The van der Waals surface area contributed by atoms with Gasteiger partial charge in [-0.05, 0) is 19.8 Å². The highest BCUT2D eigenvalue weighted by Gasteiger charge is 2.52. The van der Waals surface area contributed by atoms with Crippen molar-refractivity contribution in [1.29, 1.82) is 5.41 Å². The largest absolute Gasteiger partial charge is 0.515 e. The minimum Gasteiger partial charge on any atom is -0.515 e. The Hall–Kier alpha value is -1.46. The van der Waals surface area contributed by atoms with Crippen LogP contribution in [-0.2, 0) is 9.53 Å². The van der Waals surface area contributed by atoms with Crippen LogP contribution >= 0.6 is 0 Å². The van der Waals surface area contributed by atoms with Gasteiger partial charge in [-0.1, -0.05) is 0 Å². The Kier molecular flexibility index (Phi) is 3.62. The van der Waals surface area contributed by atoms with Crippen LogP contribution in [0.15, 0.2) is 11.8 Å². The highest BCUT2D eigenvalue weighted by atomic mass is 19.3. The molecule has 0 heterocycles. The quantitative estimate of drug-likeness (QED) is 0.330. The first kappa shape index (κ1) is 12.6. The monoisotopic (exact) mass is 233 g/mol. The lowest BCUT2D eigenvalue weighted by Crippen LogP contribution is -2.34. The molecular weight excluding hydrogens is 220 g/mol. The predicted octanol–water partition coefficient (Wildman–Crippen LogP) is 2.06. The van der Waals surface area contributed by atoms with Gasteiger partial charge in [0.1, 0.15) is 11.3 Å². The summed E-state index contributed by atoms with van der Waals surface area (Å²) in [5.41, 5.74) is -1.95. The van der Waals surface area contributed by atoms with E-state index in [0.29, 0.717) is 12.8 Å². The van der Waals surface area contributed by atoms with Gasteiger partial charge in [0.15, 0.2) is 0 Å². The van der Waals surface area contributed by atoms with Crippen LogP contribution < -0.4 is 0 Å². The first-order valence-electron chi connectivity index (χ1n) is 4.93. The number of ether oxygens (including phenoxy) is 1. The molecule has 0 aromatic rings. The molecule has 0 aromatic heterocycles. The van der Waals surface area contributed by atoms with Crippen LogP contribution in [0, 0.1) is 11.3 Å². The lowest BCUT2D eigenvalue weighted by molar-refractivity contribution is -0.138. The number of halogens is 2. The molecule has 1 aliphatic rings. The van der Waals surface area contributed by atoms with Crippen molar-refractivity contribution in [3.05, 3.63) is 11.8 Å². The molecule has 0 atom stereocenters. The Labute approximate surface area is 91.4 Å². The molecule has 0 spiro atoms. The fraction of sp³-hybridized carbons (Fsp3) is 0.600. The second-order valence-electron chi connectivity index (χ2n) is 3.54. The second-order valence-corrected chi connectivity index (χ2v) is 3.54. The number of alkyl halides is 2. The van der Waals surface area contributed by atoms with Crippen LogP contribution in [0.5, 0.6) is 0 Å². The van der Waals surface area contributed by atoms with Crippen molar-refractivity contribution in [2.75, 3.05) is 6.61 Å². The number of rotatable bonds is 5. The molecule has 1 aliphatic carbocycles. The number of hydrogen-bond acceptors (Lipinski definition) is 4. The summed E-state index contributed by atoms with van der Waals surface area (Å²) < 4.78 is 31.4. The molecule has 0 unspecified atom stereocenters. The molecule has 2 N–H and O–H groups in total. The topological polar surface area (TPSA) is 70.4 Å². The van der Waals surface area contributed by atoms with Gasteiger partial charge in [-0.3, -0.25) is 5.41 Å². The summed E-state index contributed by atoms with van der Waals surface area (Å²) in [7, 11) is 0. The standard InChI is InChI=1S/C10H13F2NO3/c1-2-16-9(15)7(5-14)8(13)10(11,12)6-3-4-6/h5-6,13-14H,2-4H2,1H3/b7-5+,13-8?. The fourth-order valence-corrected chi connectivity index (χ4v) is 1.26. The van der Waals surface area contributed by atoms with Crippen LogP contribution in [0.3, 0.4) is 0 Å². The smallest absolute Gasteiger partial charge is 0.343 e. The van der Waals surface area contributed by atoms with Crippen molar-refractivity contribution in [3.63, 3.8) is 0 Å². The average molecular weight is 233 g/mol. The van der Waals surface area contributed by atoms with Gasteiger partial charge >= 0.3 is 5.97 Å². The molecule has 16 heavy (non-hydrogen) atoms. The summed E-state index contributed by atoms with van der Waals surface area (Å²) in [6, 6.07) is 0. The molecule has 0 saturated heterocycles. The maximum Gasteiger partial charge on any atom is 0.343 e. The van der Waals surface area contributed by atoms with E-state index in [1.54, 1.807) is 0 Å². The van der Waals surface area contributed by atoms with Gasteiger partial charge in [-0.15, -0.1) is 0 Å². The van der Waals surface area contributed by atoms with Crippen molar-refractivity contribution in [3.8, 4) is 0 Å². The lowest BCUT2D eigenvalue weighted by atomic mass is 10.0. The van der Waals surface area contributed by atoms with Crippen molar-refractivity contribution in [1.82, 2.24) is 0 Å². The van der Waals surface area contributed by atoms with E-state index in [-0.39, 0.29) is 12.9 Å². The zero-order chi connectivity index (χ0) is 12.3. The first-order valence-corrected chi connectivity index (χ1v) is 4.93. The summed E-state index contributed by atoms with van der Waals surface area (Å²) in [5.74, 6) is -5.37. The van der Waals surface area contributed by atoms with Crippen molar-refractivity contribution in [2.45, 2.75) is 25.7 Å². The van der Waals surface area contributed by atoms with Gasteiger partial charge in [0.2, 0.25) is 0 Å². The van der Waals surface area contributed by atoms with Gasteiger partial charge < -0.3 is 9.84 Å². The maximum atomic E-state index is 13.5. The van der Waals surface area contributed by atoms with E-state index in [0.717, 1.165) is 0 Å². The Bertz CT molecular complexity index is 335. The predicted molar refractivity (Wildman–Crippen MR) is 52.7 cm³/mol. The van der Waals surface area contributed by atoms with Crippen molar-refractivity contribution < 1.29 is 23.4 Å². The van der Waals surface area contributed by atoms with E-state index >= 15 is 0 Å². The Morgan fingerprint density at radius 1 is 1.62 bits per heavy atom. The minimum atomic E-state index is -3.37. The van der Waals surface area contributed by atoms with Gasteiger partial charge in [-0.25, -0.2) is 4.79 Å². The molecule has 1 rings (SSSR count). The molecule has 0 aromatic carbocycles. The van der Waals surface area contributed by atoms with E-state index in [2.05, 4.69) is 4.74 Å². The summed E-state index contributed by atoms with van der Waals surface area (Å²) in [6.07, 6.45) is 0.866. The van der Waals surface area contributed by atoms with E-state index in [9.17, 15) is 13.6 Å². The third-order valence-electron chi connectivity index (χ3n) is 2.32. The zero-order valence-electron chi connectivity index (χ0n) is 8.80. The van der Waals surface area contributed by atoms with Crippen LogP contribution in [0.2, 0.25) is 0 Å². The van der Waals surface area contributed by atoms with Gasteiger partial charge in [0.25, 0.3) is 5.92 Å². The molecule has 1 fully saturated rings. The van der Waals surface area contributed by atoms with Crippen molar-refractivity contribution >= 4 is 11.7 Å². The summed E-state index contributed by atoms with van der Waals surface area (Å²) in [6.45, 7) is 1.51. The number of nitrogens with one attached hydrogen (secondary N) is 1. The number of aliphatic hydroxyl groups excluding tert-OH is 1. The number of carbonyl (C=O) groups is 1. The summed E-state index contributed by atoms with van der Waals surface area (Å²) in [4.78, 5) is 11.2. The maximum absolute atomic E-state index is 13.5. The lowest BCUT2D eigenvalue weighted by Gasteiger charge is -2.17. The molecule has 6 heteroatoms. The third kappa shape index (κ3) is 2.37. The number of aliphatic hydroxyl groups is 1. The minimum absolute atomic E-state index is 0.00153. The summed E-state index contributed by atoms with van der Waals surface area (Å²) >= 11 is 0. The van der Waals surface area contributed by atoms with E-state index in [1.807, 2.05) is 0 Å². The van der Waals surface area contributed by atoms with Crippen molar-refractivity contribution in [2.24, 2.45) is 5.92 Å². The van der Waals surface area contributed by atoms with Gasteiger partial charge in [0.05, 0.1) is 12.9 Å². The molecule has 4 nitrogen and oxygen atoms in total. The van der Waals surface area contributed by atoms with Crippen LogP contribution in [0.25, 0.3) is 0 Å². The molecule has 1 saturated carbocycles. The second kappa shape index (κ2) is 4.59. The molecule has 0 aliphatic heterocycles. The molecular formula is C10H13F2NO3. The third-order valence-corrected chi connectivity index (χ3v) is 2.32. The van der Waals surface area contributed by atoms with Crippen LogP contribution in [0.1, 0.15) is 19.8 Å². The van der Waals surface area contributed by atoms with Gasteiger partial charge in [0, 0.05) is 5.92 Å². The number of hydrogen-bond donors (Lipinski definition) is 2. The molecule has 0 bridgehead atoms. The van der Waals surface area contributed by atoms with E-state index in [1.165, 1.54) is 6.92 Å². The Balaban J connectivity index is 2.81.